The highest BCUT2D eigenvalue weighted by molar-refractivity contribution is 5.88. The Morgan fingerprint density at radius 3 is 2.27 bits per heavy atom. The van der Waals surface area contributed by atoms with Crippen molar-refractivity contribution in [2.45, 2.75) is 0 Å². The summed E-state index contributed by atoms with van der Waals surface area (Å²) >= 11 is 0. The van der Waals surface area contributed by atoms with Crippen molar-refractivity contribution in [3.8, 4) is 5.88 Å². The predicted octanol–water partition coefficient (Wildman–Crippen LogP) is 0.238. The maximum atomic E-state index is 11.9. The molecule has 0 bridgehead atoms. The lowest BCUT2D eigenvalue weighted by molar-refractivity contribution is 0.0697. The Hall–Kier alpha value is -3.16. The molecule has 2 N–H and O–H groups in total. The first-order valence-corrected chi connectivity index (χ1v) is 6.19. The van der Waals surface area contributed by atoms with E-state index in [2.05, 4.69) is 4.99 Å². The maximum absolute atomic E-state index is 11.9. The van der Waals surface area contributed by atoms with Crippen LogP contribution in [0.4, 0.5) is 5.69 Å². The van der Waals surface area contributed by atoms with Gasteiger partial charge in [-0.3, -0.25) is 18.9 Å². The summed E-state index contributed by atoms with van der Waals surface area (Å²) < 4.78 is 1.78. The Bertz CT molecular complexity index is 875. The molecule has 0 amide bonds. The number of hydrogen-bond acceptors (Lipinski definition) is 5. The Morgan fingerprint density at radius 1 is 1.14 bits per heavy atom. The molecular formula is C14H13N3O5. The third-order valence-electron chi connectivity index (χ3n) is 3.12. The number of aliphatic imine (C=N–C) groups is 1. The third kappa shape index (κ3) is 2.66. The van der Waals surface area contributed by atoms with Crippen LogP contribution >= 0.6 is 0 Å². The molecule has 2 aromatic rings. The molecule has 0 aliphatic heterocycles. The Morgan fingerprint density at radius 2 is 1.73 bits per heavy atom. The molecule has 0 aliphatic rings. The van der Waals surface area contributed by atoms with Crippen LogP contribution in [0.2, 0.25) is 0 Å². The van der Waals surface area contributed by atoms with Crippen molar-refractivity contribution in [3.63, 3.8) is 0 Å². The van der Waals surface area contributed by atoms with Crippen molar-refractivity contribution in [1.29, 1.82) is 0 Å². The molecule has 0 aliphatic carbocycles. The monoisotopic (exact) mass is 303 g/mol. The largest absolute Gasteiger partial charge is 0.494 e. The third-order valence-corrected chi connectivity index (χ3v) is 3.12. The van der Waals surface area contributed by atoms with Gasteiger partial charge in [-0.25, -0.2) is 9.59 Å². The second kappa shape index (κ2) is 5.68. The zero-order chi connectivity index (χ0) is 16.4. The lowest BCUT2D eigenvalue weighted by Gasteiger charge is -2.06. The number of aromatic carboxylic acids is 1. The molecule has 0 radical (unpaired) electrons. The number of benzene rings is 1. The molecule has 114 valence electrons. The lowest BCUT2D eigenvalue weighted by atomic mass is 10.2. The molecule has 22 heavy (non-hydrogen) atoms. The molecule has 0 fully saturated rings. The number of rotatable bonds is 3. The number of carboxylic acids is 1. The van der Waals surface area contributed by atoms with E-state index in [9.17, 15) is 19.5 Å². The minimum Gasteiger partial charge on any atom is -0.494 e. The summed E-state index contributed by atoms with van der Waals surface area (Å²) in [6.45, 7) is 0. The van der Waals surface area contributed by atoms with E-state index in [1.54, 1.807) is 0 Å². The highest BCUT2D eigenvalue weighted by Gasteiger charge is 2.12. The van der Waals surface area contributed by atoms with Crippen molar-refractivity contribution in [3.05, 3.63) is 56.2 Å². The topological polar surface area (TPSA) is 114 Å². The van der Waals surface area contributed by atoms with Crippen molar-refractivity contribution >= 4 is 17.9 Å². The molecule has 0 atom stereocenters. The van der Waals surface area contributed by atoms with Gasteiger partial charge in [0.1, 0.15) is 5.56 Å². The smallest absolute Gasteiger partial charge is 0.335 e. The zero-order valence-corrected chi connectivity index (χ0v) is 11.8. The number of nitrogens with zero attached hydrogens (tertiary/aromatic N) is 3. The Balaban J connectivity index is 2.45. The van der Waals surface area contributed by atoms with Gasteiger partial charge in [0.2, 0.25) is 5.88 Å². The van der Waals surface area contributed by atoms with Gasteiger partial charge in [0.15, 0.2) is 0 Å². The van der Waals surface area contributed by atoms with Gasteiger partial charge in [-0.05, 0) is 24.3 Å². The van der Waals surface area contributed by atoms with E-state index in [-0.39, 0.29) is 11.1 Å². The molecular weight excluding hydrogens is 290 g/mol. The van der Waals surface area contributed by atoms with Gasteiger partial charge in [0.05, 0.1) is 11.3 Å². The van der Waals surface area contributed by atoms with E-state index in [1.807, 2.05) is 0 Å². The van der Waals surface area contributed by atoms with E-state index in [0.29, 0.717) is 5.69 Å². The zero-order valence-electron chi connectivity index (χ0n) is 11.8. The molecule has 0 saturated heterocycles. The first kappa shape index (κ1) is 15.2. The summed E-state index contributed by atoms with van der Waals surface area (Å²) in [5, 5.41) is 18.7. The van der Waals surface area contributed by atoms with E-state index >= 15 is 0 Å². The van der Waals surface area contributed by atoms with Gasteiger partial charge in [-0.15, -0.1) is 0 Å². The predicted molar refractivity (Wildman–Crippen MR) is 79.2 cm³/mol. The fourth-order valence-electron chi connectivity index (χ4n) is 1.80. The minimum absolute atomic E-state index is 0.111. The van der Waals surface area contributed by atoms with E-state index in [0.717, 1.165) is 15.3 Å². The second-order valence-electron chi connectivity index (χ2n) is 4.55. The van der Waals surface area contributed by atoms with E-state index in [4.69, 9.17) is 5.11 Å². The molecule has 0 saturated carbocycles. The van der Waals surface area contributed by atoms with Gasteiger partial charge in [0.25, 0.3) is 5.56 Å². The summed E-state index contributed by atoms with van der Waals surface area (Å²) in [6, 6.07) is 5.66. The molecule has 1 aromatic carbocycles. The minimum atomic E-state index is -1.06. The normalized spacial score (nSPS) is 11.0. The highest BCUT2D eigenvalue weighted by atomic mass is 16.4. The summed E-state index contributed by atoms with van der Waals surface area (Å²) in [6.07, 6.45) is 1.13. The van der Waals surface area contributed by atoms with Crippen LogP contribution in [0.1, 0.15) is 15.9 Å². The van der Waals surface area contributed by atoms with Crippen LogP contribution in [-0.2, 0) is 14.1 Å². The second-order valence-corrected chi connectivity index (χ2v) is 4.55. The lowest BCUT2D eigenvalue weighted by Crippen LogP contribution is -2.38. The summed E-state index contributed by atoms with van der Waals surface area (Å²) in [5.74, 6) is -1.54. The van der Waals surface area contributed by atoms with Crippen LogP contribution in [-0.4, -0.2) is 31.5 Å². The van der Waals surface area contributed by atoms with Gasteiger partial charge >= 0.3 is 11.7 Å². The van der Waals surface area contributed by atoms with Crippen LogP contribution in [0.15, 0.2) is 38.8 Å². The number of carboxylic acid groups (broad SMARTS) is 1. The maximum Gasteiger partial charge on any atom is 0.335 e. The van der Waals surface area contributed by atoms with Crippen LogP contribution in [0, 0.1) is 0 Å². The van der Waals surface area contributed by atoms with Crippen LogP contribution in [0.5, 0.6) is 5.88 Å². The molecule has 2 rings (SSSR count). The first-order valence-electron chi connectivity index (χ1n) is 6.19. The molecule has 8 heteroatoms. The van der Waals surface area contributed by atoms with Crippen molar-refractivity contribution in [1.82, 2.24) is 9.13 Å². The Labute approximate surface area is 124 Å². The van der Waals surface area contributed by atoms with Gasteiger partial charge < -0.3 is 10.2 Å². The molecule has 0 unspecified atom stereocenters. The van der Waals surface area contributed by atoms with Crippen molar-refractivity contribution in [2.75, 3.05) is 0 Å². The van der Waals surface area contributed by atoms with Crippen LogP contribution in [0.3, 0.4) is 0 Å². The summed E-state index contributed by atoms with van der Waals surface area (Å²) in [5.41, 5.74) is -0.941. The average Bonchev–Trinajstić information content (AvgIpc) is 2.51. The number of aromatic nitrogens is 2. The molecule has 1 aromatic heterocycles. The van der Waals surface area contributed by atoms with Gasteiger partial charge in [-0.2, -0.15) is 0 Å². The van der Waals surface area contributed by atoms with Crippen LogP contribution in [0.25, 0.3) is 0 Å². The quantitative estimate of drug-likeness (QED) is 0.788. The molecule has 0 spiro atoms. The fourth-order valence-corrected chi connectivity index (χ4v) is 1.80. The fraction of sp³-hybridized carbons (Fsp3) is 0.143. The number of aromatic hydroxyl groups is 1. The Kier molecular flexibility index (Phi) is 3.93. The van der Waals surface area contributed by atoms with Crippen molar-refractivity contribution in [2.24, 2.45) is 19.1 Å². The number of carbonyl (C=O) groups is 1. The summed E-state index contributed by atoms with van der Waals surface area (Å²) in [4.78, 5) is 38.3. The van der Waals surface area contributed by atoms with E-state index in [1.165, 1.54) is 38.4 Å². The van der Waals surface area contributed by atoms with Crippen LogP contribution < -0.4 is 11.2 Å². The summed E-state index contributed by atoms with van der Waals surface area (Å²) in [7, 11) is 2.62. The first-order chi connectivity index (χ1) is 10.3. The average molecular weight is 303 g/mol. The number of hydrogen-bond donors (Lipinski definition) is 2. The molecule has 1 heterocycles. The SMILES string of the molecule is Cn1c(O)c(C=Nc2ccc(C(=O)O)cc2)c(=O)n(C)c1=O. The molecule has 8 nitrogen and oxygen atoms in total. The van der Waals surface area contributed by atoms with Gasteiger partial charge in [-0.1, -0.05) is 0 Å². The highest BCUT2D eigenvalue weighted by Crippen LogP contribution is 2.14. The standard InChI is InChI=1S/C14H13N3O5/c1-16-11(18)10(12(19)17(2)14(16)22)7-15-9-5-3-8(4-6-9)13(20)21/h3-7,18H,1-2H3,(H,20,21). The van der Waals surface area contributed by atoms with E-state index < -0.39 is 23.1 Å². The van der Waals surface area contributed by atoms with Crippen molar-refractivity contribution < 1.29 is 15.0 Å². The van der Waals surface area contributed by atoms with Gasteiger partial charge in [0, 0.05) is 20.3 Å².